The van der Waals surface area contributed by atoms with Crippen molar-refractivity contribution in [3.05, 3.63) is 28.2 Å². The molecular formula is C17H26BrNO. The van der Waals surface area contributed by atoms with Gasteiger partial charge in [0.1, 0.15) is 0 Å². The van der Waals surface area contributed by atoms with E-state index in [-0.39, 0.29) is 5.91 Å². The van der Waals surface area contributed by atoms with E-state index >= 15 is 0 Å². The van der Waals surface area contributed by atoms with Crippen molar-refractivity contribution in [3.8, 4) is 0 Å². The molecule has 0 unspecified atom stereocenters. The first-order valence-electron chi connectivity index (χ1n) is 7.70. The molecule has 0 atom stereocenters. The molecule has 1 rings (SSSR count). The molecule has 1 amide bonds. The van der Waals surface area contributed by atoms with Crippen LogP contribution in [-0.4, -0.2) is 5.91 Å². The highest BCUT2D eigenvalue weighted by molar-refractivity contribution is 9.10. The van der Waals surface area contributed by atoms with Gasteiger partial charge in [0.15, 0.2) is 0 Å². The van der Waals surface area contributed by atoms with Crippen LogP contribution in [0.1, 0.15) is 63.9 Å². The van der Waals surface area contributed by atoms with Crippen LogP contribution in [-0.2, 0) is 4.79 Å². The van der Waals surface area contributed by atoms with Crippen molar-refractivity contribution in [2.24, 2.45) is 0 Å². The summed E-state index contributed by atoms with van der Waals surface area (Å²) in [6.45, 7) is 4.24. The average molecular weight is 340 g/mol. The van der Waals surface area contributed by atoms with Gasteiger partial charge < -0.3 is 5.32 Å². The first-order valence-corrected chi connectivity index (χ1v) is 8.49. The molecule has 0 saturated carbocycles. The van der Waals surface area contributed by atoms with E-state index in [1.54, 1.807) is 0 Å². The number of benzene rings is 1. The van der Waals surface area contributed by atoms with Gasteiger partial charge in [-0.3, -0.25) is 4.79 Å². The molecule has 0 aliphatic heterocycles. The van der Waals surface area contributed by atoms with Gasteiger partial charge in [-0.2, -0.15) is 0 Å². The molecule has 0 saturated heterocycles. The molecule has 1 aromatic carbocycles. The lowest BCUT2D eigenvalue weighted by atomic mass is 10.1. The topological polar surface area (TPSA) is 29.1 Å². The number of carbonyl (C=O) groups excluding carboxylic acids is 1. The number of unbranched alkanes of at least 4 members (excludes halogenated alkanes) is 6. The Hall–Kier alpha value is -0.830. The summed E-state index contributed by atoms with van der Waals surface area (Å²) in [7, 11) is 0. The Morgan fingerprint density at radius 2 is 1.75 bits per heavy atom. The van der Waals surface area contributed by atoms with Crippen molar-refractivity contribution >= 4 is 27.5 Å². The molecule has 0 bridgehead atoms. The van der Waals surface area contributed by atoms with Gasteiger partial charge in [0.25, 0.3) is 0 Å². The number of amides is 1. The van der Waals surface area contributed by atoms with E-state index in [9.17, 15) is 4.79 Å². The van der Waals surface area contributed by atoms with E-state index < -0.39 is 0 Å². The monoisotopic (exact) mass is 339 g/mol. The van der Waals surface area contributed by atoms with Crippen LogP contribution >= 0.6 is 15.9 Å². The molecular weight excluding hydrogens is 314 g/mol. The first kappa shape index (κ1) is 17.2. The molecule has 1 aromatic rings. The number of carbonyl (C=O) groups is 1. The van der Waals surface area contributed by atoms with E-state index in [0.29, 0.717) is 6.42 Å². The zero-order valence-electron chi connectivity index (χ0n) is 12.7. The van der Waals surface area contributed by atoms with Crippen LogP contribution < -0.4 is 5.32 Å². The standard InChI is InChI=1S/C17H26BrNO/c1-3-4-5-6-7-8-9-13-17(20)19-16-12-10-11-15(18)14(16)2/h10-12H,3-9,13H2,1-2H3,(H,19,20). The van der Waals surface area contributed by atoms with Crippen LogP contribution in [0, 0.1) is 6.92 Å². The van der Waals surface area contributed by atoms with Gasteiger partial charge in [0.05, 0.1) is 0 Å². The second kappa shape index (κ2) is 9.98. The average Bonchev–Trinajstić information content (AvgIpc) is 2.43. The molecule has 0 radical (unpaired) electrons. The number of hydrogen-bond donors (Lipinski definition) is 1. The highest BCUT2D eigenvalue weighted by Crippen LogP contribution is 2.23. The third-order valence-corrected chi connectivity index (χ3v) is 4.41. The molecule has 0 aromatic heterocycles. The first-order chi connectivity index (χ1) is 9.65. The number of nitrogens with one attached hydrogen (secondary N) is 1. The Morgan fingerprint density at radius 1 is 1.10 bits per heavy atom. The second-order valence-corrected chi connectivity index (χ2v) is 6.19. The summed E-state index contributed by atoms with van der Waals surface area (Å²) in [4.78, 5) is 11.9. The number of halogens is 1. The Kier molecular flexibility index (Phi) is 8.59. The molecule has 112 valence electrons. The fourth-order valence-corrected chi connectivity index (χ4v) is 2.56. The molecule has 0 heterocycles. The van der Waals surface area contributed by atoms with Crippen LogP contribution in [0.25, 0.3) is 0 Å². The molecule has 20 heavy (non-hydrogen) atoms. The van der Waals surface area contributed by atoms with Crippen molar-refractivity contribution in [1.82, 2.24) is 0 Å². The fraction of sp³-hybridized carbons (Fsp3) is 0.588. The lowest BCUT2D eigenvalue weighted by molar-refractivity contribution is -0.116. The van der Waals surface area contributed by atoms with E-state index in [1.165, 1.54) is 32.1 Å². The maximum absolute atomic E-state index is 11.9. The smallest absolute Gasteiger partial charge is 0.224 e. The van der Waals surface area contributed by atoms with Gasteiger partial charge in [-0.25, -0.2) is 0 Å². The Morgan fingerprint density at radius 3 is 2.45 bits per heavy atom. The van der Waals surface area contributed by atoms with Crippen molar-refractivity contribution in [1.29, 1.82) is 0 Å². The van der Waals surface area contributed by atoms with Crippen LogP contribution in [0.15, 0.2) is 22.7 Å². The summed E-state index contributed by atoms with van der Waals surface area (Å²) < 4.78 is 1.03. The molecule has 0 spiro atoms. The van der Waals surface area contributed by atoms with Crippen molar-refractivity contribution < 1.29 is 4.79 Å². The molecule has 2 nitrogen and oxygen atoms in total. The summed E-state index contributed by atoms with van der Waals surface area (Å²) in [5.74, 6) is 0.125. The van der Waals surface area contributed by atoms with E-state index in [1.807, 2.05) is 25.1 Å². The summed E-state index contributed by atoms with van der Waals surface area (Å²) in [5.41, 5.74) is 1.99. The van der Waals surface area contributed by atoms with Crippen LogP contribution in [0.3, 0.4) is 0 Å². The Bertz CT molecular complexity index is 417. The third-order valence-electron chi connectivity index (χ3n) is 3.55. The Labute approximate surface area is 131 Å². The van der Waals surface area contributed by atoms with Crippen LogP contribution in [0.4, 0.5) is 5.69 Å². The summed E-state index contributed by atoms with van der Waals surface area (Å²) in [6, 6.07) is 5.88. The zero-order valence-corrected chi connectivity index (χ0v) is 14.3. The number of rotatable bonds is 9. The largest absolute Gasteiger partial charge is 0.326 e. The quantitative estimate of drug-likeness (QED) is 0.563. The fourth-order valence-electron chi connectivity index (χ4n) is 2.20. The van der Waals surface area contributed by atoms with Gasteiger partial charge in [-0.15, -0.1) is 0 Å². The minimum atomic E-state index is 0.125. The molecule has 1 N–H and O–H groups in total. The maximum Gasteiger partial charge on any atom is 0.224 e. The Balaban J connectivity index is 2.19. The van der Waals surface area contributed by atoms with Crippen molar-refractivity contribution in [3.63, 3.8) is 0 Å². The predicted molar refractivity (Wildman–Crippen MR) is 90.1 cm³/mol. The van der Waals surface area contributed by atoms with Gasteiger partial charge in [-0.1, -0.05) is 67.4 Å². The zero-order chi connectivity index (χ0) is 14.8. The van der Waals surface area contributed by atoms with Gasteiger partial charge in [0, 0.05) is 16.6 Å². The highest BCUT2D eigenvalue weighted by atomic mass is 79.9. The lowest BCUT2D eigenvalue weighted by Crippen LogP contribution is -2.12. The second-order valence-electron chi connectivity index (χ2n) is 5.33. The summed E-state index contributed by atoms with van der Waals surface area (Å²) in [5, 5.41) is 2.99. The van der Waals surface area contributed by atoms with Crippen LogP contribution in [0.5, 0.6) is 0 Å². The minimum Gasteiger partial charge on any atom is -0.326 e. The van der Waals surface area contributed by atoms with E-state index in [2.05, 4.69) is 28.2 Å². The van der Waals surface area contributed by atoms with Crippen LogP contribution in [0.2, 0.25) is 0 Å². The van der Waals surface area contributed by atoms with Gasteiger partial charge in [-0.05, 0) is 31.0 Å². The number of hydrogen-bond acceptors (Lipinski definition) is 1. The third kappa shape index (κ3) is 6.56. The molecule has 0 fully saturated rings. The highest BCUT2D eigenvalue weighted by Gasteiger charge is 2.06. The molecule has 3 heteroatoms. The SMILES string of the molecule is CCCCCCCCCC(=O)Nc1cccc(Br)c1C. The maximum atomic E-state index is 11.9. The number of anilines is 1. The van der Waals surface area contributed by atoms with Crippen molar-refractivity contribution in [2.75, 3.05) is 5.32 Å². The van der Waals surface area contributed by atoms with Gasteiger partial charge >= 0.3 is 0 Å². The van der Waals surface area contributed by atoms with Gasteiger partial charge in [0.2, 0.25) is 5.91 Å². The normalized spacial score (nSPS) is 10.6. The van der Waals surface area contributed by atoms with E-state index in [4.69, 9.17) is 0 Å². The predicted octanol–water partition coefficient (Wildman–Crippen LogP) is 5.84. The van der Waals surface area contributed by atoms with E-state index in [0.717, 1.165) is 28.6 Å². The molecule has 0 aliphatic carbocycles. The molecule has 0 aliphatic rings. The van der Waals surface area contributed by atoms with Crippen molar-refractivity contribution in [2.45, 2.75) is 65.2 Å². The lowest BCUT2D eigenvalue weighted by Gasteiger charge is -2.09. The summed E-state index contributed by atoms with van der Waals surface area (Å²) >= 11 is 3.48. The summed E-state index contributed by atoms with van der Waals surface area (Å²) in [6.07, 6.45) is 9.29. The minimum absolute atomic E-state index is 0.125.